The lowest BCUT2D eigenvalue weighted by Gasteiger charge is -2.20. The Kier molecular flexibility index (Phi) is 2.93. The number of hydrogen-bond acceptors (Lipinski definition) is 0. The van der Waals surface area contributed by atoms with Crippen LogP contribution < -0.4 is 0 Å². The van der Waals surface area contributed by atoms with E-state index in [-0.39, 0.29) is 0 Å². The second-order valence-corrected chi connectivity index (χ2v) is 4.28. The maximum atomic E-state index is 2.24. The van der Waals surface area contributed by atoms with Gasteiger partial charge in [0.2, 0.25) is 0 Å². The van der Waals surface area contributed by atoms with Crippen LogP contribution in [0.3, 0.4) is 0 Å². The molecule has 0 aromatic heterocycles. The van der Waals surface area contributed by atoms with E-state index in [1.54, 1.807) is 0 Å². The van der Waals surface area contributed by atoms with Gasteiger partial charge in [-0.15, -0.1) is 0 Å². The first-order valence-corrected chi connectivity index (χ1v) is 6.15. The smallest absolute Gasteiger partial charge is 0.00992 e. The third-order valence-electron chi connectivity index (χ3n) is 3.08. The Balaban J connectivity index is 0.000000142. The summed E-state index contributed by atoms with van der Waals surface area (Å²) in [6, 6.07) is 29.1. The van der Waals surface area contributed by atoms with Crippen molar-refractivity contribution in [2.45, 2.75) is 0 Å². The van der Waals surface area contributed by atoms with Crippen molar-refractivity contribution in [1.82, 2.24) is 0 Å². The second-order valence-electron chi connectivity index (χ2n) is 4.28. The second kappa shape index (κ2) is 4.89. The van der Waals surface area contributed by atoms with Crippen molar-refractivity contribution >= 4 is 0 Å². The van der Waals surface area contributed by atoms with Crippen LogP contribution in [0.1, 0.15) is 0 Å². The highest BCUT2D eigenvalue weighted by Crippen LogP contribution is 2.42. The molecule has 0 amide bonds. The lowest BCUT2D eigenvalue weighted by atomic mass is 9.83. The third kappa shape index (κ3) is 2.05. The molecule has 2 aliphatic rings. The van der Waals surface area contributed by atoms with Crippen molar-refractivity contribution in [2.75, 3.05) is 0 Å². The van der Waals surface area contributed by atoms with Crippen molar-refractivity contribution in [3.63, 3.8) is 0 Å². The van der Waals surface area contributed by atoms with E-state index < -0.39 is 0 Å². The molecule has 0 bridgehead atoms. The Bertz CT molecular complexity index is 592. The van der Waals surface area contributed by atoms with Gasteiger partial charge in [-0.3, -0.25) is 0 Å². The fourth-order valence-corrected chi connectivity index (χ4v) is 2.03. The van der Waals surface area contributed by atoms with Crippen molar-refractivity contribution in [2.24, 2.45) is 0 Å². The first-order valence-electron chi connectivity index (χ1n) is 6.15. The molecule has 0 atom stereocenters. The van der Waals surface area contributed by atoms with Crippen LogP contribution in [-0.4, -0.2) is 0 Å². The highest BCUT2D eigenvalue weighted by atomic mass is 14.2. The largest absolute Gasteiger partial charge is 0.0623 e. The van der Waals surface area contributed by atoms with Gasteiger partial charge in [-0.25, -0.2) is 0 Å². The molecule has 0 fully saturated rings. The Morgan fingerprint density at radius 1 is 0.389 bits per heavy atom. The molecule has 0 spiro atoms. The van der Waals surface area contributed by atoms with E-state index in [9.17, 15) is 0 Å². The summed E-state index contributed by atoms with van der Waals surface area (Å²) in [7, 11) is 0. The molecule has 2 aromatic carbocycles. The van der Waals surface area contributed by atoms with Crippen LogP contribution in [0.2, 0.25) is 0 Å². The Morgan fingerprint density at radius 3 is 1.33 bits per heavy atom. The lowest BCUT2D eigenvalue weighted by Crippen LogP contribution is -1.94. The summed E-state index contributed by atoms with van der Waals surface area (Å²) < 4.78 is 0. The number of hydrogen-bond donors (Lipinski definition) is 0. The number of fused-ring (bicyclic) bond motifs is 1. The summed E-state index contributed by atoms with van der Waals surface area (Å²) >= 11 is 0. The molecule has 2 aliphatic carbocycles. The zero-order chi connectivity index (χ0) is 12.2. The van der Waals surface area contributed by atoms with Gasteiger partial charge < -0.3 is 0 Å². The van der Waals surface area contributed by atoms with E-state index in [0.29, 0.717) is 0 Å². The lowest BCUT2D eigenvalue weighted by molar-refractivity contribution is 1.52. The quantitative estimate of drug-likeness (QED) is 0.430. The molecule has 86 valence electrons. The zero-order valence-corrected chi connectivity index (χ0v) is 10.1. The molecule has 0 unspecified atom stereocenters. The molecule has 18 heavy (non-hydrogen) atoms. The molecule has 0 radical (unpaired) electrons. The molecule has 0 heterocycles. The number of benzene rings is 3. The van der Waals surface area contributed by atoms with Crippen LogP contribution in [0.4, 0.5) is 0 Å². The average Bonchev–Trinajstić information content (AvgIpc) is 2.45. The van der Waals surface area contributed by atoms with E-state index >= 15 is 0 Å². The molecular formula is C18H14. The first-order chi connectivity index (χ1) is 8.95. The molecule has 2 aromatic rings. The standard InChI is InChI=1S/C12H8.C6H6/c1-2-4-9(5-3-1)12-8-10-6-7-11(10)12;1-2-4-6-5-3-1/h1-8H;1-6H. The van der Waals surface area contributed by atoms with Gasteiger partial charge in [0.1, 0.15) is 0 Å². The van der Waals surface area contributed by atoms with Crippen LogP contribution in [-0.2, 0) is 0 Å². The van der Waals surface area contributed by atoms with Crippen LogP contribution >= 0.6 is 0 Å². The number of rotatable bonds is 1. The molecule has 4 rings (SSSR count). The van der Waals surface area contributed by atoms with E-state index in [2.05, 4.69) is 48.5 Å². The molecule has 0 saturated carbocycles. The van der Waals surface area contributed by atoms with Gasteiger partial charge in [-0.1, -0.05) is 78.9 Å². The summed E-state index contributed by atoms with van der Waals surface area (Å²) in [6.07, 6.45) is 0. The zero-order valence-electron chi connectivity index (χ0n) is 10.1. The SMILES string of the molecule is c1ccc(-c2cc3ccc2-3)cc1.c1ccccc1. The van der Waals surface area contributed by atoms with E-state index in [1.165, 1.54) is 22.3 Å². The van der Waals surface area contributed by atoms with E-state index in [4.69, 9.17) is 0 Å². The average molecular weight is 230 g/mol. The summed E-state index contributed by atoms with van der Waals surface area (Å²) in [5.41, 5.74) is 5.57. The summed E-state index contributed by atoms with van der Waals surface area (Å²) in [5, 5.41) is 0. The van der Waals surface area contributed by atoms with Crippen molar-refractivity contribution in [3.8, 4) is 22.3 Å². The minimum atomic E-state index is 1.33. The molecule has 0 nitrogen and oxygen atoms in total. The van der Waals surface area contributed by atoms with Crippen LogP contribution in [0.25, 0.3) is 22.3 Å². The van der Waals surface area contributed by atoms with Gasteiger partial charge in [-0.2, -0.15) is 0 Å². The predicted octanol–water partition coefficient (Wildman–Crippen LogP) is 5.02. The van der Waals surface area contributed by atoms with E-state index in [1.807, 2.05) is 36.4 Å². The van der Waals surface area contributed by atoms with Gasteiger partial charge in [0.05, 0.1) is 0 Å². The van der Waals surface area contributed by atoms with Crippen LogP contribution in [0, 0.1) is 0 Å². The van der Waals surface area contributed by atoms with Crippen LogP contribution in [0.15, 0.2) is 84.9 Å². The summed E-state index contributed by atoms with van der Waals surface area (Å²) in [5.74, 6) is 0. The van der Waals surface area contributed by atoms with Gasteiger partial charge in [-0.05, 0) is 28.3 Å². The van der Waals surface area contributed by atoms with Gasteiger partial charge in [0.25, 0.3) is 0 Å². The van der Waals surface area contributed by atoms with Crippen LogP contribution in [0.5, 0.6) is 0 Å². The van der Waals surface area contributed by atoms with Crippen molar-refractivity contribution in [3.05, 3.63) is 84.9 Å². The Hall–Kier alpha value is -2.34. The van der Waals surface area contributed by atoms with Gasteiger partial charge in [0.15, 0.2) is 0 Å². The van der Waals surface area contributed by atoms with Crippen molar-refractivity contribution in [1.29, 1.82) is 0 Å². The molecule has 0 aliphatic heterocycles. The topological polar surface area (TPSA) is 0 Å². The van der Waals surface area contributed by atoms with Crippen molar-refractivity contribution < 1.29 is 0 Å². The third-order valence-corrected chi connectivity index (χ3v) is 3.08. The monoisotopic (exact) mass is 230 g/mol. The normalized spacial score (nSPS) is 10.2. The first kappa shape index (κ1) is 10.8. The maximum Gasteiger partial charge on any atom is -0.00992 e. The van der Waals surface area contributed by atoms with E-state index in [0.717, 1.165) is 0 Å². The molecule has 0 N–H and O–H groups in total. The predicted molar refractivity (Wildman–Crippen MR) is 77.3 cm³/mol. The Morgan fingerprint density at radius 2 is 0.944 bits per heavy atom. The summed E-state index contributed by atoms with van der Waals surface area (Å²) in [4.78, 5) is 0. The van der Waals surface area contributed by atoms with Gasteiger partial charge in [0, 0.05) is 0 Å². The highest BCUT2D eigenvalue weighted by molar-refractivity contribution is 5.95. The molecular weight excluding hydrogens is 216 g/mol. The highest BCUT2D eigenvalue weighted by Gasteiger charge is 2.16. The minimum Gasteiger partial charge on any atom is -0.0623 e. The summed E-state index contributed by atoms with van der Waals surface area (Å²) in [6.45, 7) is 0. The maximum absolute atomic E-state index is 2.24. The Labute approximate surface area is 108 Å². The molecule has 0 heteroatoms. The molecule has 0 saturated heterocycles. The van der Waals surface area contributed by atoms with Gasteiger partial charge >= 0.3 is 0 Å². The minimum absolute atomic E-state index is 1.33. The fraction of sp³-hybridized carbons (Fsp3) is 0. The fourth-order valence-electron chi connectivity index (χ4n) is 2.03.